The monoisotopic (exact) mass is 1340 g/mol. The van der Waals surface area contributed by atoms with E-state index in [2.05, 4.69) is 42.2 Å². The van der Waals surface area contributed by atoms with Crippen molar-refractivity contribution in [3.05, 3.63) is 95.1 Å². The van der Waals surface area contributed by atoms with Crippen molar-refractivity contribution in [1.82, 2.24) is 61.7 Å². The molecule has 0 aliphatic carbocycles. The maximum absolute atomic E-state index is 14.6. The van der Waals surface area contributed by atoms with Gasteiger partial charge in [0.15, 0.2) is 5.96 Å². The zero-order chi connectivity index (χ0) is 63.6. The van der Waals surface area contributed by atoms with Gasteiger partial charge in [0.05, 0.1) is 31.1 Å². The van der Waals surface area contributed by atoms with Gasteiger partial charge in [-0.05, 0) is 78.6 Å². The molecule has 3 aromatic rings. The number of hydrogen-bond acceptors (Lipinski definition) is 20. The molecule has 482 valence electrons. The van der Waals surface area contributed by atoms with E-state index in [1.807, 2.05) is 41.3 Å². The fraction of sp³-hybridized carbons (Fsp3) is 0.533. The molecule has 3 aromatic carbocycles. The molecule has 0 unspecified atom stereocenters. The predicted octanol–water partition coefficient (Wildman–Crippen LogP) is -4.18. The number of carboxylic acid groups (broad SMARTS) is 3. The van der Waals surface area contributed by atoms with Crippen LogP contribution in [-0.4, -0.2) is 239 Å². The maximum Gasteiger partial charge on any atom is 3.00 e. The number of nitrogens with two attached hydrogens (primary N) is 1. The second kappa shape index (κ2) is 40.9. The van der Waals surface area contributed by atoms with Gasteiger partial charge in [-0.15, -0.1) is 0 Å². The Morgan fingerprint density at radius 2 is 1.12 bits per heavy atom. The van der Waals surface area contributed by atoms with E-state index in [4.69, 9.17) is 10.5 Å². The first kappa shape index (κ1) is 73.9. The number of carbonyl (C=O) groups excluding carboxylic acids is 9. The van der Waals surface area contributed by atoms with Crippen LogP contribution in [0.1, 0.15) is 86.6 Å². The minimum Gasteiger partial charge on any atom is -0.549 e. The van der Waals surface area contributed by atoms with Gasteiger partial charge >= 0.3 is 31.9 Å². The number of nitrogens with one attached hydrogen (secondary N) is 7. The van der Waals surface area contributed by atoms with Gasteiger partial charge in [0.1, 0.15) is 23.6 Å². The summed E-state index contributed by atoms with van der Waals surface area (Å²) >= 11 is 0. The number of aliphatic carboxylic acids is 3. The molecule has 1 fully saturated rings. The molecular weight excluding hydrogens is 1260 g/mol. The number of phenolic OH excluding ortho intramolecular Hbond substituents is 1. The van der Waals surface area contributed by atoms with Gasteiger partial charge < -0.3 is 77.2 Å². The Balaban J connectivity index is 0.0000169. The van der Waals surface area contributed by atoms with Gasteiger partial charge in [-0.3, -0.25) is 58.8 Å². The zero-order valence-corrected chi connectivity index (χ0v) is 54.0. The van der Waals surface area contributed by atoms with E-state index in [1.54, 1.807) is 50.8 Å². The van der Waals surface area contributed by atoms with Gasteiger partial charge in [0, 0.05) is 137 Å². The van der Waals surface area contributed by atoms with Crippen LogP contribution >= 0.6 is 0 Å². The Bertz CT molecular complexity index is 2720. The molecule has 0 bridgehead atoms. The molecule has 0 radical (unpaired) electrons. The minimum absolute atomic E-state index is 0. The standard InChI is InChI=1S/C60H88N14O14.In/c1-2-50(76)64-25-26-66-60(87)69-59(61)65-23-8-12-49(57(85)67-36-43-14-18-47(75)19-15-43)68-58(86)56(74-37-45-10-5-6-11-46(45)38-74)44-16-20-48(21-17-44)88-35-9-24-62-51(77)13-4-3-7-22-63-52(78)39-70-27-29-71(40-53(79)80)31-33-73(42-55(83)84)34-32-72(30-28-70)41-54(81)82;/h5-6,10-11,14-21,49,56,75H,2-4,7-9,12-13,22-42H2,1H3,(H,62,77)(H,63,78)(H,64,76)(H,67,85)(H,68,86)(H,79,80)(H,81,82)(H,83,84)(H4,61,65,66,69,87);/q;+3/p-3/t49-,56+;/m1./s1. The van der Waals surface area contributed by atoms with Crippen LogP contribution in [0.3, 0.4) is 0 Å². The van der Waals surface area contributed by atoms with Crippen molar-refractivity contribution in [2.24, 2.45) is 10.7 Å². The summed E-state index contributed by atoms with van der Waals surface area (Å²) in [6.07, 6.45) is 3.47. The average molecular weight is 1340 g/mol. The first-order chi connectivity index (χ1) is 42.3. The van der Waals surface area contributed by atoms with Crippen molar-refractivity contribution >= 4 is 85.3 Å². The zero-order valence-electron chi connectivity index (χ0n) is 50.7. The first-order valence-corrected chi connectivity index (χ1v) is 29.9. The molecule has 0 aromatic heterocycles. The summed E-state index contributed by atoms with van der Waals surface area (Å²) in [5.41, 5.74) is 9.51. The summed E-state index contributed by atoms with van der Waals surface area (Å²) in [6, 6.07) is 19.0. The molecule has 7 amide bonds. The molecule has 5 rings (SSSR count). The second-order valence-electron chi connectivity index (χ2n) is 21.5. The second-order valence-corrected chi connectivity index (χ2v) is 21.5. The van der Waals surface area contributed by atoms with Crippen molar-refractivity contribution in [3.63, 3.8) is 0 Å². The topological polar surface area (TPSA) is 391 Å². The van der Waals surface area contributed by atoms with Crippen LogP contribution < -0.4 is 63.0 Å². The number of benzene rings is 3. The number of phenols is 1. The number of carbonyl (C=O) groups is 9. The normalized spacial score (nSPS) is 15.3. The van der Waals surface area contributed by atoms with E-state index in [1.165, 1.54) is 12.1 Å². The van der Waals surface area contributed by atoms with Crippen molar-refractivity contribution in [2.45, 2.75) is 90.0 Å². The molecule has 10 N–H and O–H groups in total. The van der Waals surface area contributed by atoms with E-state index >= 15 is 0 Å². The SMILES string of the molecule is CCC(=O)NCCNC(=O)NC(N)=NCCC[C@@H](NC(=O)[C@H](c1ccc(OCCCNC(=O)CCCCCNC(=O)CN2CCN(CC(=O)[O-])CCN(CC(=O)[O-])CCN(CC(=O)[O-])CC2)cc1)N1Cc2ccccc2C1)C(=O)NCc1ccc(O)cc1.[In+3]. The van der Waals surface area contributed by atoms with Crippen LogP contribution in [0.25, 0.3) is 0 Å². The van der Waals surface area contributed by atoms with Gasteiger partial charge in [-0.25, -0.2) is 4.79 Å². The number of nitrogens with zero attached hydrogens (tertiary/aromatic N) is 6. The van der Waals surface area contributed by atoms with Gasteiger partial charge in [-0.1, -0.05) is 61.9 Å². The molecular formula is C60H85InN14O14. The Labute approximate surface area is 537 Å². The summed E-state index contributed by atoms with van der Waals surface area (Å²) in [4.78, 5) is 125. The summed E-state index contributed by atoms with van der Waals surface area (Å²) in [5.74, 6) is -4.83. The van der Waals surface area contributed by atoms with E-state index in [0.717, 1.165) is 16.7 Å². The number of carboxylic acids is 3. The van der Waals surface area contributed by atoms with Crippen LogP contribution in [0.4, 0.5) is 4.79 Å². The Hall–Kier alpha value is -7.57. The molecule has 0 spiro atoms. The molecule has 2 heterocycles. The number of ether oxygens (including phenoxy) is 1. The summed E-state index contributed by atoms with van der Waals surface area (Å²) in [5, 5.41) is 63.5. The molecule has 2 aliphatic heterocycles. The van der Waals surface area contributed by atoms with Gasteiger partial charge in [-0.2, -0.15) is 0 Å². The van der Waals surface area contributed by atoms with Crippen LogP contribution in [0.15, 0.2) is 77.8 Å². The molecule has 0 saturated carbocycles. The van der Waals surface area contributed by atoms with Crippen molar-refractivity contribution < 1.29 is 68.3 Å². The third-order valence-corrected chi connectivity index (χ3v) is 14.6. The molecule has 2 aliphatic rings. The number of unbranched alkanes of at least 4 members (excludes halogenated alkanes) is 2. The summed E-state index contributed by atoms with van der Waals surface area (Å²) < 4.78 is 6.03. The third kappa shape index (κ3) is 29.5. The number of guanidine groups is 1. The van der Waals surface area contributed by atoms with Crippen LogP contribution in [0.2, 0.25) is 0 Å². The van der Waals surface area contributed by atoms with Crippen LogP contribution in [0.5, 0.6) is 11.5 Å². The predicted molar refractivity (Wildman–Crippen MR) is 323 cm³/mol. The number of amides is 7. The van der Waals surface area contributed by atoms with Crippen molar-refractivity contribution in [3.8, 4) is 11.5 Å². The fourth-order valence-electron chi connectivity index (χ4n) is 9.87. The number of urea groups is 1. The molecule has 2 atom stereocenters. The number of fused-ring (bicyclic) bond motifs is 1. The number of rotatable bonds is 34. The van der Waals surface area contributed by atoms with Gasteiger partial charge in [0.25, 0.3) is 0 Å². The van der Waals surface area contributed by atoms with E-state index < -0.39 is 67.5 Å². The smallest absolute Gasteiger partial charge is 0.549 e. The fourth-order valence-corrected chi connectivity index (χ4v) is 9.87. The minimum atomic E-state index is -1.31. The molecule has 89 heavy (non-hydrogen) atoms. The number of aliphatic imine (C=N–C) groups is 1. The van der Waals surface area contributed by atoms with E-state index in [-0.39, 0.29) is 153 Å². The first-order valence-electron chi connectivity index (χ1n) is 29.9. The number of aromatic hydroxyl groups is 1. The van der Waals surface area contributed by atoms with Crippen molar-refractivity contribution in [2.75, 3.05) is 118 Å². The van der Waals surface area contributed by atoms with Gasteiger partial charge in [0.2, 0.25) is 29.5 Å². The van der Waals surface area contributed by atoms with E-state index in [9.17, 15) is 63.6 Å². The van der Waals surface area contributed by atoms with Crippen LogP contribution in [-0.2, 0) is 58.0 Å². The molecule has 29 heteroatoms. The van der Waals surface area contributed by atoms with Crippen LogP contribution in [0, 0.1) is 0 Å². The van der Waals surface area contributed by atoms with Crippen molar-refractivity contribution in [1.29, 1.82) is 0 Å². The average Bonchev–Trinajstić information content (AvgIpc) is 2.09. The largest absolute Gasteiger partial charge is 3.00 e. The summed E-state index contributed by atoms with van der Waals surface area (Å²) in [7, 11) is 0. The quantitative estimate of drug-likeness (QED) is 0.0156. The maximum atomic E-state index is 14.6. The Kier molecular flexibility index (Phi) is 33.9. The molecule has 28 nitrogen and oxygen atoms in total. The van der Waals surface area contributed by atoms with E-state index in [0.29, 0.717) is 82.6 Å². The Morgan fingerprint density at radius 3 is 1.69 bits per heavy atom. The molecule has 1 saturated heterocycles. The third-order valence-electron chi connectivity index (χ3n) is 14.6. The number of hydrogen-bond donors (Lipinski definition) is 9. The summed E-state index contributed by atoms with van der Waals surface area (Å²) in [6.45, 7) is 4.96. The Morgan fingerprint density at radius 1 is 0.596 bits per heavy atom.